The molecular weight excluding hydrogens is 469 g/mol. The van der Waals surface area contributed by atoms with Gasteiger partial charge in [0.15, 0.2) is 10.0 Å². The molecule has 170 valence electrons. The summed E-state index contributed by atoms with van der Waals surface area (Å²) in [5, 5.41) is 3.39. The molecule has 1 heterocycles. The van der Waals surface area contributed by atoms with Crippen LogP contribution in [0.1, 0.15) is 16.1 Å². The maximum absolute atomic E-state index is 13.3. The van der Waals surface area contributed by atoms with Gasteiger partial charge in [-0.3, -0.25) is 9.59 Å². The maximum Gasteiger partial charge on any atom is 0.463 e. The number of rotatable bonds is 8. The fourth-order valence-electron chi connectivity index (χ4n) is 2.19. The van der Waals surface area contributed by atoms with Crippen LogP contribution in [0.25, 0.3) is 0 Å². The Morgan fingerprint density at radius 2 is 1.84 bits per heavy atom. The molecule has 0 unspecified atom stereocenters. The summed E-state index contributed by atoms with van der Waals surface area (Å²) in [5.74, 6) is -8.24. The van der Waals surface area contributed by atoms with E-state index in [2.05, 4.69) is 10.3 Å². The maximum atomic E-state index is 13.3. The fourth-order valence-corrected chi connectivity index (χ4v) is 3.65. The van der Waals surface area contributed by atoms with Crippen LogP contribution in [0.15, 0.2) is 22.5 Å². The Bertz CT molecular complexity index is 966. The summed E-state index contributed by atoms with van der Waals surface area (Å²) in [7, 11) is 2.86. The van der Waals surface area contributed by atoms with Crippen LogP contribution >= 0.6 is 23.1 Å². The van der Waals surface area contributed by atoms with Crippen LogP contribution in [-0.4, -0.2) is 49.4 Å². The smallest absolute Gasteiger partial charge is 0.463 e. The van der Waals surface area contributed by atoms with Gasteiger partial charge in [-0.25, -0.2) is 4.98 Å². The third-order valence-corrected chi connectivity index (χ3v) is 5.76. The SMILES string of the molecule is COc1ccc(CNC(=O)c2nc(SC)sc2NC(=O)C(F)(F)C(F)(F)F)c(OC)c1. The van der Waals surface area contributed by atoms with Crippen LogP contribution in [0.5, 0.6) is 11.5 Å². The molecule has 14 heteroatoms. The number of nitrogens with one attached hydrogen (secondary N) is 2. The number of hydrogen-bond donors (Lipinski definition) is 2. The summed E-state index contributed by atoms with van der Waals surface area (Å²) >= 11 is 1.61. The molecule has 0 spiro atoms. The van der Waals surface area contributed by atoms with E-state index in [-0.39, 0.29) is 10.9 Å². The van der Waals surface area contributed by atoms with Gasteiger partial charge in [0.25, 0.3) is 5.91 Å². The number of thiazole rings is 1. The third-order valence-electron chi connectivity index (χ3n) is 3.80. The highest BCUT2D eigenvalue weighted by atomic mass is 32.2. The first kappa shape index (κ1) is 24.7. The van der Waals surface area contributed by atoms with E-state index in [1.165, 1.54) is 19.5 Å². The molecule has 0 fully saturated rings. The van der Waals surface area contributed by atoms with Crippen molar-refractivity contribution >= 4 is 39.9 Å². The van der Waals surface area contributed by atoms with Crippen LogP contribution < -0.4 is 20.1 Å². The second-order valence-electron chi connectivity index (χ2n) is 5.75. The number of benzene rings is 1. The molecule has 2 N–H and O–H groups in total. The number of alkyl halides is 5. The molecule has 1 aromatic carbocycles. The van der Waals surface area contributed by atoms with E-state index in [9.17, 15) is 31.5 Å². The van der Waals surface area contributed by atoms with E-state index in [0.29, 0.717) is 28.4 Å². The Kier molecular flexibility index (Phi) is 7.70. The Labute approximate surface area is 181 Å². The van der Waals surface area contributed by atoms with Crippen molar-refractivity contribution in [2.24, 2.45) is 0 Å². The molecule has 0 aliphatic carbocycles. The predicted molar refractivity (Wildman–Crippen MR) is 104 cm³/mol. The molecule has 31 heavy (non-hydrogen) atoms. The van der Waals surface area contributed by atoms with Crippen molar-refractivity contribution in [3.05, 3.63) is 29.5 Å². The van der Waals surface area contributed by atoms with Gasteiger partial charge in [0.05, 0.1) is 14.2 Å². The van der Waals surface area contributed by atoms with Crippen molar-refractivity contribution in [3.8, 4) is 11.5 Å². The molecule has 0 radical (unpaired) electrons. The van der Waals surface area contributed by atoms with E-state index < -0.39 is 34.6 Å². The Morgan fingerprint density at radius 3 is 2.39 bits per heavy atom. The number of thioether (sulfide) groups is 1. The van der Waals surface area contributed by atoms with Crippen molar-refractivity contribution in [3.63, 3.8) is 0 Å². The average Bonchev–Trinajstić information content (AvgIpc) is 3.13. The van der Waals surface area contributed by atoms with Gasteiger partial charge < -0.3 is 20.1 Å². The van der Waals surface area contributed by atoms with Gasteiger partial charge in [-0.15, -0.1) is 0 Å². The molecule has 0 saturated heterocycles. The number of carbonyl (C=O) groups excluding carboxylic acids is 2. The van der Waals surface area contributed by atoms with Crippen LogP contribution in [0.4, 0.5) is 27.0 Å². The minimum Gasteiger partial charge on any atom is -0.497 e. The molecule has 1 aromatic heterocycles. The predicted octanol–water partition coefficient (Wildman–Crippen LogP) is 3.95. The first-order valence-electron chi connectivity index (χ1n) is 8.24. The summed E-state index contributed by atoms with van der Waals surface area (Å²) in [6, 6.07) is 4.80. The van der Waals surface area contributed by atoms with Crippen LogP contribution in [-0.2, 0) is 11.3 Å². The average molecular weight is 485 g/mol. The molecule has 0 bridgehead atoms. The van der Waals surface area contributed by atoms with Gasteiger partial charge >= 0.3 is 18.0 Å². The van der Waals surface area contributed by atoms with Crippen LogP contribution in [0.2, 0.25) is 0 Å². The van der Waals surface area contributed by atoms with Gasteiger partial charge in [-0.1, -0.05) is 23.1 Å². The Morgan fingerprint density at radius 1 is 1.16 bits per heavy atom. The number of hydrogen-bond acceptors (Lipinski definition) is 7. The highest BCUT2D eigenvalue weighted by Gasteiger charge is 2.63. The zero-order chi connectivity index (χ0) is 23.4. The summed E-state index contributed by atoms with van der Waals surface area (Å²) < 4.78 is 74.2. The molecule has 7 nitrogen and oxygen atoms in total. The first-order chi connectivity index (χ1) is 14.4. The zero-order valence-corrected chi connectivity index (χ0v) is 17.9. The second kappa shape index (κ2) is 9.68. The second-order valence-corrected chi connectivity index (χ2v) is 7.80. The third kappa shape index (κ3) is 5.55. The number of halogens is 5. The molecule has 2 aromatic rings. The molecule has 0 atom stereocenters. The lowest BCUT2D eigenvalue weighted by Crippen LogP contribution is -2.47. The molecule has 0 saturated carbocycles. The van der Waals surface area contributed by atoms with Crippen molar-refractivity contribution < 1.29 is 41.0 Å². The quantitative estimate of drug-likeness (QED) is 0.435. The lowest BCUT2D eigenvalue weighted by atomic mass is 10.2. The number of carbonyl (C=O) groups is 2. The summed E-state index contributed by atoms with van der Waals surface area (Å²) in [6.07, 6.45) is -4.53. The number of ether oxygens (including phenoxy) is 2. The topological polar surface area (TPSA) is 89.5 Å². The normalized spacial score (nSPS) is 11.7. The number of methoxy groups -OCH3 is 2. The van der Waals surface area contributed by atoms with E-state index in [0.717, 1.165) is 11.8 Å². The molecule has 0 aliphatic heterocycles. The molecule has 2 amide bonds. The van der Waals surface area contributed by atoms with E-state index in [1.807, 2.05) is 0 Å². The van der Waals surface area contributed by atoms with Crippen LogP contribution in [0, 0.1) is 0 Å². The summed E-state index contributed by atoms with van der Waals surface area (Å²) in [5.41, 5.74) is 0.0410. The Hall–Kier alpha value is -2.61. The monoisotopic (exact) mass is 485 g/mol. The van der Waals surface area contributed by atoms with Crippen molar-refractivity contribution in [1.29, 1.82) is 0 Å². The summed E-state index contributed by atoms with van der Waals surface area (Å²) in [6.45, 7) is -0.0791. The van der Waals surface area contributed by atoms with Crippen molar-refractivity contribution in [1.82, 2.24) is 10.3 Å². The van der Waals surface area contributed by atoms with Crippen LogP contribution in [0.3, 0.4) is 0 Å². The van der Waals surface area contributed by atoms with E-state index in [4.69, 9.17) is 9.47 Å². The highest BCUT2D eigenvalue weighted by molar-refractivity contribution is 8.00. The van der Waals surface area contributed by atoms with E-state index >= 15 is 0 Å². The van der Waals surface area contributed by atoms with Gasteiger partial charge in [-0.05, 0) is 18.4 Å². The number of amides is 2. The minimum atomic E-state index is -6.09. The van der Waals surface area contributed by atoms with Gasteiger partial charge in [0.2, 0.25) is 0 Å². The lowest BCUT2D eigenvalue weighted by Gasteiger charge is -2.18. The zero-order valence-electron chi connectivity index (χ0n) is 16.2. The van der Waals surface area contributed by atoms with Crippen molar-refractivity contribution in [2.45, 2.75) is 23.0 Å². The number of nitrogens with zero attached hydrogens (tertiary/aromatic N) is 1. The largest absolute Gasteiger partial charge is 0.497 e. The lowest BCUT2D eigenvalue weighted by molar-refractivity contribution is -0.267. The van der Waals surface area contributed by atoms with E-state index in [1.54, 1.807) is 24.5 Å². The molecule has 2 rings (SSSR count). The van der Waals surface area contributed by atoms with Gasteiger partial charge in [0, 0.05) is 18.2 Å². The molecular formula is C17H16F5N3O4S2. The molecule has 0 aliphatic rings. The van der Waals surface area contributed by atoms with Gasteiger partial charge in [-0.2, -0.15) is 22.0 Å². The summed E-state index contributed by atoms with van der Waals surface area (Å²) in [4.78, 5) is 27.9. The number of anilines is 1. The van der Waals surface area contributed by atoms with Crippen molar-refractivity contribution in [2.75, 3.05) is 25.8 Å². The first-order valence-corrected chi connectivity index (χ1v) is 10.3. The standard InChI is InChI=1S/C17H16F5N3O4S2/c1-28-9-5-4-8(10(6-9)29-2)7-23-12(26)11-13(31-15(24-11)30-3)25-14(27)16(18,19)17(20,21)22/h4-6H,7H2,1-3H3,(H,23,26)(H,25,27). The minimum absolute atomic E-state index is 0.0791. The number of aromatic nitrogens is 1. The fraction of sp³-hybridized carbons (Fsp3) is 0.353. The van der Waals surface area contributed by atoms with Gasteiger partial charge in [0.1, 0.15) is 16.5 Å². The highest BCUT2D eigenvalue weighted by Crippen LogP contribution is 2.38. The Balaban J connectivity index is 2.22.